The van der Waals surface area contributed by atoms with E-state index in [0.717, 1.165) is 18.8 Å². The van der Waals surface area contributed by atoms with E-state index >= 15 is 0 Å². The first kappa shape index (κ1) is 13.8. The van der Waals surface area contributed by atoms with Crippen LogP contribution in [-0.2, 0) is 4.74 Å². The average molecular weight is 263 g/mol. The van der Waals surface area contributed by atoms with Crippen molar-refractivity contribution in [3.8, 4) is 0 Å². The number of hydrogen-bond donors (Lipinski definition) is 1. The minimum Gasteiger partial charge on any atom is -0.383 e. The van der Waals surface area contributed by atoms with Gasteiger partial charge in [-0.25, -0.2) is 4.98 Å². The molecule has 1 amide bonds. The summed E-state index contributed by atoms with van der Waals surface area (Å²) in [5.74, 6) is -0.151. The Bertz CT molecular complexity index is 400. The standard InChI is InChI=1S/C14H21N3O2/c1-19-10-7-15-14(18)13-6-5-12(11-16-13)17-8-3-2-4-9-17/h5-6,11H,2-4,7-10H2,1H3,(H,15,18). The number of carbonyl (C=O) groups excluding carboxylic acids is 1. The van der Waals surface area contributed by atoms with Crippen molar-refractivity contribution in [1.29, 1.82) is 0 Å². The predicted molar refractivity (Wildman–Crippen MR) is 74.5 cm³/mol. The number of carbonyl (C=O) groups is 1. The molecule has 1 aromatic heterocycles. The van der Waals surface area contributed by atoms with Crippen LogP contribution in [-0.4, -0.2) is 44.2 Å². The quantitative estimate of drug-likeness (QED) is 0.817. The summed E-state index contributed by atoms with van der Waals surface area (Å²) in [5.41, 5.74) is 1.56. The normalized spacial score (nSPS) is 15.3. The van der Waals surface area contributed by atoms with Gasteiger partial charge >= 0.3 is 0 Å². The maximum Gasteiger partial charge on any atom is 0.269 e. The van der Waals surface area contributed by atoms with Crippen molar-refractivity contribution in [2.75, 3.05) is 38.3 Å². The van der Waals surface area contributed by atoms with Gasteiger partial charge in [-0.1, -0.05) is 0 Å². The Morgan fingerprint density at radius 1 is 1.37 bits per heavy atom. The fourth-order valence-corrected chi connectivity index (χ4v) is 2.22. The third kappa shape index (κ3) is 3.92. The number of hydrogen-bond acceptors (Lipinski definition) is 4. The summed E-state index contributed by atoms with van der Waals surface area (Å²) in [7, 11) is 1.61. The molecule has 0 unspecified atom stereocenters. The molecule has 1 aromatic rings. The molecule has 0 saturated carbocycles. The fraction of sp³-hybridized carbons (Fsp3) is 0.571. The number of rotatable bonds is 5. The zero-order valence-corrected chi connectivity index (χ0v) is 11.4. The molecule has 2 rings (SSSR count). The summed E-state index contributed by atoms with van der Waals surface area (Å²) < 4.78 is 4.88. The lowest BCUT2D eigenvalue weighted by molar-refractivity contribution is 0.0932. The van der Waals surface area contributed by atoms with Crippen molar-refractivity contribution in [2.24, 2.45) is 0 Å². The summed E-state index contributed by atoms with van der Waals surface area (Å²) in [6, 6.07) is 3.76. The molecule has 5 nitrogen and oxygen atoms in total. The van der Waals surface area contributed by atoms with E-state index in [9.17, 15) is 4.79 Å². The number of nitrogens with one attached hydrogen (secondary N) is 1. The van der Waals surface area contributed by atoms with Crippen molar-refractivity contribution in [2.45, 2.75) is 19.3 Å². The van der Waals surface area contributed by atoms with Crippen LogP contribution >= 0.6 is 0 Å². The highest BCUT2D eigenvalue weighted by Gasteiger charge is 2.12. The number of methoxy groups -OCH3 is 1. The predicted octanol–water partition coefficient (Wildman–Crippen LogP) is 1.45. The summed E-state index contributed by atoms with van der Waals surface area (Å²) in [4.78, 5) is 18.3. The molecule has 0 radical (unpaired) electrons. The van der Waals surface area contributed by atoms with Gasteiger partial charge in [0, 0.05) is 26.7 Å². The van der Waals surface area contributed by atoms with Gasteiger partial charge in [0.05, 0.1) is 18.5 Å². The molecule has 19 heavy (non-hydrogen) atoms. The summed E-state index contributed by atoms with van der Waals surface area (Å²) in [6.07, 6.45) is 5.57. The van der Waals surface area contributed by atoms with E-state index in [1.807, 2.05) is 6.07 Å². The van der Waals surface area contributed by atoms with Crippen LogP contribution in [0.4, 0.5) is 5.69 Å². The zero-order valence-electron chi connectivity index (χ0n) is 11.4. The SMILES string of the molecule is COCCNC(=O)c1ccc(N2CCCCC2)cn1. The first-order chi connectivity index (χ1) is 9.31. The number of nitrogens with zero attached hydrogens (tertiary/aromatic N) is 2. The Hall–Kier alpha value is -1.62. The smallest absolute Gasteiger partial charge is 0.269 e. The highest BCUT2D eigenvalue weighted by atomic mass is 16.5. The Balaban J connectivity index is 1.91. The molecule has 1 saturated heterocycles. The van der Waals surface area contributed by atoms with E-state index in [1.165, 1.54) is 19.3 Å². The first-order valence-electron chi connectivity index (χ1n) is 6.79. The monoisotopic (exact) mass is 263 g/mol. The second kappa shape index (κ2) is 7.09. The second-order valence-corrected chi connectivity index (χ2v) is 4.70. The molecule has 0 bridgehead atoms. The molecule has 1 aliphatic heterocycles. The molecular formula is C14H21N3O2. The van der Waals surface area contributed by atoms with Crippen LogP contribution in [0.5, 0.6) is 0 Å². The van der Waals surface area contributed by atoms with Gasteiger partial charge in [-0.3, -0.25) is 4.79 Å². The molecule has 0 aromatic carbocycles. The highest BCUT2D eigenvalue weighted by molar-refractivity contribution is 5.92. The molecule has 5 heteroatoms. The number of pyridine rings is 1. The van der Waals surface area contributed by atoms with Crippen LogP contribution in [0.3, 0.4) is 0 Å². The van der Waals surface area contributed by atoms with Crippen LogP contribution in [0.15, 0.2) is 18.3 Å². The number of ether oxygens (including phenoxy) is 1. The van der Waals surface area contributed by atoms with Gasteiger partial charge in [0.2, 0.25) is 0 Å². The Morgan fingerprint density at radius 2 is 2.16 bits per heavy atom. The number of piperidine rings is 1. The first-order valence-corrected chi connectivity index (χ1v) is 6.79. The van der Waals surface area contributed by atoms with Gasteiger partial charge in [0.25, 0.3) is 5.91 Å². The Kier molecular flexibility index (Phi) is 5.15. The van der Waals surface area contributed by atoms with E-state index in [2.05, 4.69) is 15.2 Å². The van der Waals surface area contributed by atoms with Gasteiger partial charge in [0.15, 0.2) is 0 Å². The molecule has 0 aliphatic carbocycles. The molecule has 0 atom stereocenters. The zero-order chi connectivity index (χ0) is 13.5. The van der Waals surface area contributed by atoms with E-state index in [-0.39, 0.29) is 5.91 Å². The van der Waals surface area contributed by atoms with Crippen LogP contribution in [0.2, 0.25) is 0 Å². The van der Waals surface area contributed by atoms with Gasteiger partial charge in [0.1, 0.15) is 5.69 Å². The molecule has 104 valence electrons. The number of aromatic nitrogens is 1. The summed E-state index contributed by atoms with van der Waals surface area (Å²) >= 11 is 0. The lowest BCUT2D eigenvalue weighted by Gasteiger charge is -2.28. The third-order valence-electron chi connectivity index (χ3n) is 3.29. The number of amides is 1. The highest BCUT2D eigenvalue weighted by Crippen LogP contribution is 2.18. The fourth-order valence-electron chi connectivity index (χ4n) is 2.22. The van der Waals surface area contributed by atoms with Crippen molar-refractivity contribution >= 4 is 11.6 Å². The maximum absolute atomic E-state index is 11.8. The molecule has 0 spiro atoms. The van der Waals surface area contributed by atoms with Crippen molar-refractivity contribution in [3.05, 3.63) is 24.0 Å². The molecular weight excluding hydrogens is 242 g/mol. The third-order valence-corrected chi connectivity index (χ3v) is 3.29. The van der Waals surface area contributed by atoms with Crippen molar-refractivity contribution < 1.29 is 9.53 Å². The van der Waals surface area contributed by atoms with Gasteiger partial charge < -0.3 is 15.0 Å². The van der Waals surface area contributed by atoms with Crippen molar-refractivity contribution in [1.82, 2.24) is 10.3 Å². The second-order valence-electron chi connectivity index (χ2n) is 4.70. The molecule has 1 aliphatic rings. The molecule has 1 fully saturated rings. The van der Waals surface area contributed by atoms with Gasteiger partial charge in [-0.2, -0.15) is 0 Å². The van der Waals surface area contributed by atoms with Crippen molar-refractivity contribution in [3.63, 3.8) is 0 Å². The number of anilines is 1. The van der Waals surface area contributed by atoms with Gasteiger partial charge in [-0.05, 0) is 31.4 Å². The van der Waals surface area contributed by atoms with Crippen LogP contribution in [0.1, 0.15) is 29.8 Å². The lowest BCUT2D eigenvalue weighted by Crippen LogP contribution is -2.30. The Morgan fingerprint density at radius 3 is 2.79 bits per heavy atom. The largest absolute Gasteiger partial charge is 0.383 e. The van der Waals surface area contributed by atoms with E-state index in [0.29, 0.717) is 18.8 Å². The lowest BCUT2D eigenvalue weighted by atomic mass is 10.1. The van der Waals surface area contributed by atoms with Crippen LogP contribution in [0.25, 0.3) is 0 Å². The van der Waals surface area contributed by atoms with E-state index in [1.54, 1.807) is 19.4 Å². The topological polar surface area (TPSA) is 54.5 Å². The molecule has 1 N–H and O–H groups in total. The maximum atomic E-state index is 11.8. The average Bonchev–Trinajstić information content (AvgIpc) is 2.48. The van der Waals surface area contributed by atoms with Gasteiger partial charge in [-0.15, -0.1) is 0 Å². The minimum atomic E-state index is -0.151. The summed E-state index contributed by atoms with van der Waals surface area (Å²) in [6.45, 7) is 3.19. The van der Waals surface area contributed by atoms with Crippen LogP contribution in [0, 0.1) is 0 Å². The minimum absolute atomic E-state index is 0.151. The molecule has 2 heterocycles. The van der Waals surface area contributed by atoms with E-state index < -0.39 is 0 Å². The van der Waals surface area contributed by atoms with Crippen LogP contribution < -0.4 is 10.2 Å². The Labute approximate surface area is 114 Å². The summed E-state index contributed by atoms with van der Waals surface area (Å²) in [5, 5.41) is 2.76. The van der Waals surface area contributed by atoms with E-state index in [4.69, 9.17) is 4.74 Å².